The highest BCUT2D eigenvalue weighted by Gasteiger charge is 2.18. The fourth-order valence-electron chi connectivity index (χ4n) is 2.95. The van der Waals surface area contributed by atoms with E-state index >= 15 is 0 Å². The highest BCUT2D eigenvalue weighted by Crippen LogP contribution is 2.19. The van der Waals surface area contributed by atoms with Gasteiger partial charge in [-0.1, -0.05) is 37.1 Å². The van der Waals surface area contributed by atoms with Crippen molar-refractivity contribution in [2.75, 3.05) is 5.75 Å². The molecule has 1 aliphatic rings. The molecule has 3 rings (SSSR count). The zero-order valence-electron chi connectivity index (χ0n) is 14.7. The molecule has 2 heterocycles. The van der Waals surface area contributed by atoms with Crippen LogP contribution in [0.25, 0.3) is 0 Å². The van der Waals surface area contributed by atoms with E-state index in [9.17, 15) is 9.59 Å². The maximum absolute atomic E-state index is 12.0. The number of nitrogens with zero attached hydrogens (tertiary/aromatic N) is 3. The van der Waals surface area contributed by atoms with Crippen molar-refractivity contribution in [1.29, 1.82) is 0 Å². The molecule has 0 aliphatic heterocycles. The van der Waals surface area contributed by atoms with Crippen molar-refractivity contribution >= 4 is 35.0 Å². The van der Waals surface area contributed by atoms with Gasteiger partial charge in [0.15, 0.2) is 5.16 Å². The number of thiophene rings is 1. The lowest BCUT2D eigenvalue weighted by Gasteiger charge is -2.22. The van der Waals surface area contributed by atoms with Gasteiger partial charge in [0.1, 0.15) is 5.82 Å². The maximum atomic E-state index is 12.0. The second kappa shape index (κ2) is 9.18. The third kappa shape index (κ3) is 5.31. The summed E-state index contributed by atoms with van der Waals surface area (Å²) in [5.41, 5.74) is 0. The quantitative estimate of drug-likeness (QED) is 0.737. The van der Waals surface area contributed by atoms with E-state index in [-0.39, 0.29) is 17.7 Å². The molecular weight excluding hydrogens is 370 g/mol. The molecule has 2 aromatic rings. The van der Waals surface area contributed by atoms with Gasteiger partial charge in [-0.3, -0.25) is 10.1 Å². The number of hydrogen-bond acceptors (Lipinski definition) is 6. The predicted molar refractivity (Wildman–Crippen MR) is 102 cm³/mol. The summed E-state index contributed by atoms with van der Waals surface area (Å²) in [5, 5.41) is 16.3. The zero-order valence-corrected chi connectivity index (χ0v) is 16.4. The lowest BCUT2D eigenvalue weighted by atomic mass is 9.96. The molecule has 0 radical (unpaired) electrons. The van der Waals surface area contributed by atoms with Crippen molar-refractivity contribution in [1.82, 2.24) is 25.4 Å². The Morgan fingerprint density at radius 1 is 1.31 bits per heavy atom. The summed E-state index contributed by atoms with van der Waals surface area (Å²) < 4.78 is 1.89. The summed E-state index contributed by atoms with van der Waals surface area (Å²) in [5.74, 6) is 0.653. The van der Waals surface area contributed by atoms with Crippen LogP contribution in [0.2, 0.25) is 0 Å². The molecule has 9 heteroatoms. The van der Waals surface area contributed by atoms with Crippen LogP contribution < -0.4 is 10.6 Å². The number of aromatic nitrogens is 3. The lowest BCUT2D eigenvalue weighted by Crippen LogP contribution is -2.45. The Labute approximate surface area is 161 Å². The van der Waals surface area contributed by atoms with E-state index in [1.54, 1.807) is 11.3 Å². The van der Waals surface area contributed by atoms with Gasteiger partial charge in [0.25, 0.3) is 0 Å². The molecule has 1 aliphatic carbocycles. The molecule has 26 heavy (non-hydrogen) atoms. The maximum Gasteiger partial charge on any atom is 0.321 e. The minimum absolute atomic E-state index is 0.128. The van der Waals surface area contributed by atoms with Crippen molar-refractivity contribution in [2.24, 2.45) is 7.05 Å². The highest BCUT2D eigenvalue weighted by molar-refractivity contribution is 7.99. The summed E-state index contributed by atoms with van der Waals surface area (Å²) in [4.78, 5) is 25.1. The van der Waals surface area contributed by atoms with E-state index in [4.69, 9.17) is 0 Å². The number of nitrogens with one attached hydrogen (secondary N) is 2. The number of hydrogen-bond donors (Lipinski definition) is 2. The largest absolute Gasteiger partial charge is 0.335 e. The lowest BCUT2D eigenvalue weighted by molar-refractivity contribution is -0.117. The topological polar surface area (TPSA) is 88.9 Å². The Hall–Kier alpha value is -1.87. The van der Waals surface area contributed by atoms with E-state index in [1.165, 1.54) is 23.1 Å². The van der Waals surface area contributed by atoms with Gasteiger partial charge >= 0.3 is 6.03 Å². The number of thioether (sulfide) groups is 1. The molecule has 0 unspecified atom stereocenters. The Balaban J connectivity index is 1.44. The van der Waals surface area contributed by atoms with E-state index in [1.807, 2.05) is 23.1 Å². The standard InChI is InChI=1S/C17H23N5O2S2/c1-22-14(10-13-8-5-9-25-13)20-21-17(22)26-11-15(23)19-16(24)18-12-6-3-2-4-7-12/h5,8-9,12H,2-4,6-7,10-11H2,1H3,(H2,18,19,23,24). The first-order valence-corrected chi connectivity index (χ1v) is 10.6. The Bertz CT molecular complexity index is 738. The first-order valence-electron chi connectivity index (χ1n) is 8.75. The molecule has 7 nitrogen and oxygen atoms in total. The molecule has 1 fully saturated rings. The van der Waals surface area contributed by atoms with E-state index < -0.39 is 6.03 Å². The Morgan fingerprint density at radius 3 is 2.85 bits per heavy atom. The number of rotatable bonds is 6. The molecule has 2 aromatic heterocycles. The molecule has 0 spiro atoms. The smallest absolute Gasteiger partial charge is 0.321 e. The van der Waals surface area contributed by atoms with Crippen LogP contribution >= 0.6 is 23.1 Å². The van der Waals surface area contributed by atoms with Crippen LogP contribution in [0.5, 0.6) is 0 Å². The summed E-state index contributed by atoms with van der Waals surface area (Å²) in [6, 6.07) is 3.85. The number of urea groups is 1. The van der Waals surface area contributed by atoms with Crippen molar-refractivity contribution in [3.8, 4) is 0 Å². The number of amides is 3. The second-order valence-corrected chi connectivity index (χ2v) is 8.33. The van der Waals surface area contributed by atoms with Gasteiger partial charge in [-0.2, -0.15) is 0 Å². The molecule has 0 bridgehead atoms. The number of carbonyl (C=O) groups excluding carboxylic acids is 2. The molecule has 3 amide bonds. The highest BCUT2D eigenvalue weighted by atomic mass is 32.2. The van der Waals surface area contributed by atoms with Crippen LogP contribution in [-0.4, -0.2) is 38.5 Å². The van der Waals surface area contributed by atoms with Crippen molar-refractivity contribution in [2.45, 2.75) is 49.7 Å². The molecule has 1 saturated carbocycles. The SMILES string of the molecule is Cn1c(Cc2cccs2)nnc1SCC(=O)NC(=O)NC1CCCCC1. The first-order chi connectivity index (χ1) is 12.6. The zero-order chi connectivity index (χ0) is 18.4. The summed E-state index contributed by atoms with van der Waals surface area (Å²) in [6.45, 7) is 0. The average molecular weight is 394 g/mol. The fraction of sp³-hybridized carbons (Fsp3) is 0.529. The summed E-state index contributed by atoms with van der Waals surface area (Å²) in [6.07, 6.45) is 6.19. The fourth-order valence-corrected chi connectivity index (χ4v) is 4.39. The van der Waals surface area contributed by atoms with E-state index in [0.717, 1.165) is 37.9 Å². The Kier molecular flexibility index (Phi) is 6.67. The minimum Gasteiger partial charge on any atom is -0.335 e. The minimum atomic E-state index is -0.404. The molecular formula is C17H23N5O2S2. The number of carbonyl (C=O) groups is 2. The van der Waals surface area contributed by atoms with E-state index in [2.05, 4.69) is 26.9 Å². The number of imide groups is 1. The van der Waals surface area contributed by atoms with Crippen LogP contribution in [0.3, 0.4) is 0 Å². The Morgan fingerprint density at radius 2 is 2.12 bits per heavy atom. The molecule has 0 atom stereocenters. The predicted octanol–water partition coefficient (Wildman–Crippen LogP) is 2.72. The van der Waals surface area contributed by atoms with Crippen molar-refractivity contribution in [3.63, 3.8) is 0 Å². The second-order valence-electron chi connectivity index (χ2n) is 6.36. The van der Waals surface area contributed by atoms with Gasteiger partial charge in [-0.05, 0) is 24.3 Å². The van der Waals surface area contributed by atoms with Gasteiger partial charge in [0.05, 0.1) is 5.75 Å². The van der Waals surface area contributed by atoms with Gasteiger partial charge in [-0.15, -0.1) is 21.5 Å². The van der Waals surface area contributed by atoms with Crippen molar-refractivity contribution in [3.05, 3.63) is 28.2 Å². The van der Waals surface area contributed by atoms with Gasteiger partial charge in [0.2, 0.25) is 5.91 Å². The van der Waals surface area contributed by atoms with Crippen LogP contribution in [-0.2, 0) is 18.3 Å². The first kappa shape index (κ1) is 18.9. The third-order valence-corrected chi connectivity index (χ3v) is 6.26. The van der Waals surface area contributed by atoms with Crippen molar-refractivity contribution < 1.29 is 9.59 Å². The molecule has 0 aromatic carbocycles. The van der Waals surface area contributed by atoms with Crippen LogP contribution in [0.4, 0.5) is 4.79 Å². The van der Waals surface area contributed by atoms with E-state index in [0.29, 0.717) is 5.16 Å². The third-order valence-electron chi connectivity index (χ3n) is 4.36. The van der Waals surface area contributed by atoms with Crippen LogP contribution in [0.15, 0.2) is 22.7 Å². The van der Waals surface area contributed by atoms with Gasteiger partial charge in [0, 0.05) is 24.4 Å². The monoisotopic (exact) mass is 393 g/mol. The summed E-state index contributed by atoms with van der Waals surface area (Å²) >= 11 is 2.96. The molecule has 140 valence electrons. The van der Waals surface area contributed by atoms with Gasteiger partial charge < -0.3 is 9.88 Å². The average Bonchev–Trinajstić information content (AvgIpc) is 3.25. The normalized spacial score (nSPS) is 15.0. The van der Waals surface area contributed by atoms with Gasteiger partial charge in [-0.25, -0.2) is 4.79 Å². The molecule has 0 saturated heterocycles. The van der Waals surface area contributed by atoms with Crippen LogP contribution in [0.1, 0.15) is 42.8 Å². The summed E-state index contributed by atoms with van der Waals surface area (Å²) in [7, 11) is 1.89. The van der Waals surface area contributed by atoms with Crippen LogP contribution in [0, 0.1) is 0 Å². The molecule has 2 N–H and O–H groups in total.